The molecule has 0 aromatic heterocycles. The van der Waals surface area contributed by atoms with Crippen LogP contribution in [0, 0.1) is 5.92 Å². The number of para-hydroxylation sites is 2. The Hall–Kier alpha value is -1.71. The molecule has 4 heteroatoms. The van der Waals surface area contributed by atoms with Crippen LogP contribution in [-0.4, -0.2) is 37.1 Å². The molecule has 4 nitrogen and oxygen atoms in total. The fourth-order valence-electron chi connectivity index (χ4n) is 2.60. The lowest BCUT2D eigenvalue weighted by Gasteiger charge is -2.32. The number of rotatable bonds is 4. The van der Waals surface area contributed by atoms with E-state index in [1.807, 2.05) is 29.2 Å². The summed E-state index contributed by atoms with van der Waals surface area (Å²) in [5, 5.41) is 0. The van der Waals surface area contributed by atoms with E-state index in [-0.39, 0.29) is 5.91 Å². The van der Waals surface area contributed by atoms with Crippen molar-refractivity contribution in [3.8, 4) is 11.5 Å². The highest BCUT2D eigenvalue weighted by molar-refractivity contribution is 5.81. The van der Waals surface area contributed by atoms with E-state index < -0.39 is 6.10 Å². The van der Waals surface area contributed by atoms with Crippen molar-refractivity contribution in [2.45, 2.75) is 32.8 Å². The molecule has 1 heterocycles. The lowest BCUT2D eigenvalue weighted by Crippen LogP contribution is -2.45. The number of benzene rings is 1. The summed E-state index contributed by atoms with van der Waals surface area (Å²) in [6, 6.07) is 7.40. The van der Waals surface area contributed by atoms with Gasteiger partial charge in [-0.15, -0.1) is 0 Å². The van der Waals surface area contributed by atoms with Crippen LogP contribution in [0.25, 0.3) is 0 Å². The summed E-state index contributed by atoms with van der Waals surface area (Å²) in [6.45, 7) is 5.65. The Morgan fingerprint density at radius 1 is 1.35 bits per heavy atom. The smallest absolute Gasteiger partial charge is 0.263 e. The van der Waals surface area contributed by atoms with Crippen LogP contribution in [-0.2, 0) is 4.79 Å². The Bertz CT molecular complexity index is 461. The van der Waals surface area contributed by atoms with Gasteiger partial charge in [0.2, 0.25) is 0 Å². The van der Waals surface area contributed by atoms with Crippen LogP contribution in [0.15, 0.2) is 24.3 Å². The first-order valence-corrected chi connectivity index (χ1v) is 7.20. The normalized spacial score (nSPS) is 20.4. The molecule has 1 fully saturated rings. The molecule has 0 saturated carbocycles. The maximum Gasteiger partial charge on any atom is 0.263 e. The fourth-order valence-corrected chi connectivity index (χ4v) is 2.60. The van der Waals surface area contributed by atoms with Gasteiger partial charge in [0.25, 0.3) is 5.91 Å². The number of carbonyl (C=O) groups excluding carboxylic acids is 1. The van der Waals surface area contributed by atoms with Gasteiger partial charge in [-0.1, -0.05) is 19.1 Å². The predicted octanol–water partition coefficient (Wildman–Crippen LogP) is 2.72. The summed E-state index contributed by atoms with van der Waals surface area (Å²) in [6.07, 6.45) is 1.79. The van der Waals surface area contributed by atoms with Crippen molar-refractivity contribution in [2.24, 2.45) is 5.92 Å². The van der Waals surface area contributed by atoms with Crippen molar-refractivity contribution in [1.29, 1.82) is 0 Å². The van der Waals surface area contributed by atoms with Gasteiger partial charge in [0.05, 0.1) is 7.11 Å². The number of nitrogens with zero attached hydrogens (tertiary/aromatic N) is 1. The monoisotopic (exact) mass is 277 g/mol. The molecule has 2 rings (SSSR count). The van der Waals surface area contributed by atoms with Crippen molar-refractivity contribution in [3.63, 3.8) is 0 Å². The van der Waals surface area contributed by atoms with E-state index in [1.165, 1.54) is 6.42 Å². The largest absolute Gasteiger partial charge is 0.493 e. The standard InChI is InChI=1S/C16H23NO3/c1-12-7-6-10-17(11-12)16(18)13(2)20-15-9-5-4-8-14(15)19-3/h4-5,8-9,12-13H,6-7,10-11H2,1-3H3. The number of hydrogen-bond acceptors (Lipinski definition) is 3. The maximum atomic E-state index is 12.4. The van der Waals surface area contributed by atoms with Gasteiger partial charge < -0.3 is 14.4 Å². The number of carbonyl (C=O) groups is 1. The SMILES string of the molecule is COc1ccccc1OC(C)C(=O)N1CCCC(C)C1. The van der Waals surface area contributed by atoms with Gasteiger partial charge in [0, 0.05) is 13.1 Å². The molecule has 0 radical (unpaired) electrons. The lowest BCUT2D eigenvalue weighted by molar-refractivity contribution is -0.139. The van der Waals surface area contributed by atoms with Crippen molar-refractivity contribution >= 4 is 5.91 Å². The quantitative estimate of drug-likeness (QED) is 0.849. The fraction of sp³-hybridized carbons (Fsp3) is 0.562. The summed E-state index contributed by atoms with van der Waals surface area (Å²) in [4.78, 5) is 14.3. The van der Waals surface area contributed by atoms with Crippen LogP contribution in [0.3, 0.4) is 0 Å². The zero-order valence-corrected chi connectivity index (χ0v) is 12.5. The van der Waals surface area contributed by atoms with E-state index in [0.717, 1.165) is 19.5 Å². The first-order valence-electron chi connectivity index (χ1n) is 7.20. The molecular formula is C16H23NO3. The Morgan fingerprint density at radius 2 is 2.05 bits per heavy atom. The van der Waals surface area contributed by atoms with Gasteiger partial charge in [-0.2, -0.15) is 0 Å². The highest BCUT2D eigenvalue weighted by Crippen LogP contribution is 2.27. The summed E-state index contributed by atoms with van der Waals surface area (Å²) >= 11 is 0. The summed E-state index contributed by atoms with van der Waals surface area (Å²) < 4.78 is 11.0. The molecule has 1 saturated heterocycles. The number of amides is 1. The molecule has 0 spiro atoms. The van der Waals surface area contributed by atoms with Gasteiger partial charge >= 0.3 is 0 Å². The van der Waals surface area contributed by atoms with Crippen LogP contribution < -0.4 is 9.47 Å². The first kappa shape index (κ1) is 14.7. The van der Waals surface area contributed by atoms with Crippen LogP contribution in [0.1, 0.15) is 26.7 Å². The van der Waals surface area contributed by atoms with Crippen LogP contribution >= 0.6 is 0 Å². The van der Waals surface area contributed by atoms with Crippen molar-refractivity contribution in [2.75, 3.05) is 20.2 Å². The topological polar surface area (TPSA) is 38.8 Å². The highest BCUT2D eigenvalue weighted by atomic mass is 16.5. The van der Waals surface area contributed by atoms with E-state index in [0.29, 0.717) is 17.4 Å². The molecule has 2 unspecified atom stereocenters. The molecule has 1 aliphatic heterocycles. The van der Waals surface area contributed by atoms with E-state index in [1.54, 1.807) is 14.0 Å². The Kier molecular flexibility index (Phi) is 4.88. The summed E-state index contributed by atoms with van der Waals surface area (Å²) in [7, 11) is 1.60. The average Bonchev–Trinajstić information content (AvgIpc) is 2.47. The highest BCUT2D eigenvalue weighted by Gasteiger charge is 2.26. The molecule has 110 valence electrons. The molecule has 1 amide bonds. The molecule has 0 bridgehead atoms. The van der Waals surface area contributed by atoms with E-state index in [2.05, 4.69) is 6.92 Å². The number of likely N-dealkylation sites (tertiary alicyclic amines) is 1. The number of ether oxygens (including phenoxy) is 2. The van der Waals surface area contributed by atoms with E-state index in [4.69, 9.17) is 9.47 Å². The molecule has 1 aliphatic rings. The van der Waals surface area contributed by atoms with Gasteiger partial charge in [-0.05, 0) is 37.8 Å². The second-order valence-corrected chi connectivity index (χ2v) is 5.44. The minimum atomic E-state index is -0.489. The molecule has 1 aromatic rings. The second-order valence-electron chi connectivity index (χ2n) is 5.44. The zero-order valence-electron chi connectivity index (χ0n) is 12.5. The van der Waals surface area contributed by atoms with Crippen molar-refractivity contribution in [3.05, 3.63) is 24.3 Å². The van der Waals surface area contributed by atoms with E-state index >= 15 is 0 Å². The predicted molar refractivity (Wildman–Crippen MR) is 78.1 cm³/mol. The summed E-state index contributed by atoms with van der Waals surface area (Å²) in [5.74, 6) is 1.90. The van der Waals surface area contributed by atoms with Crippen molar-refractivity contribution in [1.82, 2.24) is 4.90 Å². The third-order valence-corrected chi connectivity index (χ3v) is 3.69. The third-order valence-electron chi connectivity index (χ3n) is 3.69. The molecule has 20 heavy (non-hydrogen) atoms. The number of hydrogen-bond donors (Lipinski definition) is 0. The lowest BCUT2D eigenvalue weighted by atomic mass is 10.00. The van der Waals surface area contributed by atoms with Gasteiger partial charge in [-0.25, -0.2) is 0 Å². The Morgan fingerprint density at radius 3 is 2.70 bits per heavy atom. The molecule has 1 aromatic carbocycles. The molecular weight excluding hydrogens is 254 g/mol. The van der Waals surface area contributed by atoms with Gasteiger partial charge in [0.1, 0.15) is 0 Å². The maximum absolute atomic E-state index is 12.4. The van der Waals surface area contributed by atoms with Gasteiger partial charge in [-0.3, -0.25) is 4.79 Å². The zero-order chi connectivity index (χ0) is 14.5. The summed E-state index contributed by atoms with van der Waals surface area (Å²) in [5.41, 5.74) is 0. The third kappa shape index (κ3) is 3.44. The van der Waals surface area contributed by atoms with Crippen LogP contribution in [0.4, 0.5) is 0 Å². The minimum Gasteiger partial charge on any atom is -0.493 e. The Balaban J connectivity index is 2.00. The average molecular weight is 277 g/mol. The van der Waals surface area contributed by atoms with E-state index in [9.17, 15) is 4.79 Å². The molecule has 0 N–H and O–H groups in total. The molecule has 2 atom stereocenters. The number of piperidine rings is 1. The van der Waals surface area contributed by atoms with Gasteiger partial charge in [0.15, 0.2) is 17.6 Å². The van der Waals surface area contributed by atoms with Crippen LogP contribution in [0.5, 0.6) is 11.5 Å². The van der Waals surface area contributed by atoms with Crippen molar-refractivity contribution < 1.29 is 14.3 Å². The molecule has 0 aliphatic carbocycles. The number of methoxy groups -OCH3 is 1. The van der Waals surface area contributed by atoms with Crippen LogP contribution in [0.2, 0.25) is 0 Å². The Labute approximate surface area is 120 Å². The minimum absolute atomic E-state index is 0.0578. The second kappa shape index (κ2) is 6.64. The first-order chi connectivity index (χ1) is 9.61.